The van der Waals surface area contributed by atoms with E-state index in [-0.39, 0.29) is 11.6 Å². The van der Waals surface area contributed by atoms with Crippen LogP contribution < -0.4 is 15.4 Å². The number of carbonyl (C=O) groups excluding carboxylic acids is 1. The molecule has 9 nitrogen and oxygen atoms in total. The first kappa shape index (κ1) is 20.2. The molecule has 0 radical (unpaired) electrons. The lowest BCUT2D eigenvalue weighted by molar-refractivity contribution is 0.102. The van der Waals surface area contributed by atoms with Crippen LogP contribution in [-0.2, 0) is 0 Å². The van der Waals surface area contributed by atoms with Crippen LogP contribution in [0, 0.1) is 6.92 Å². The van der Waals surface area contributed by atoms with Crippen LogP contribution in [0.5, 0.6) is 5.75 Å². The first-order valence-electron chi connectivity index (χ1n) is 10.6. The zero-order valence-corrected chi connectivity index (χ0v) is 18.0. The lowest BCUT2D eigenvalue weighted by Gasteiger charge is -2.22. The summed E-state index contributed by atoms with van der Waals surface area (Å²) in [6.45, 7) is 3.87. The van der Waals surface area contributed by atoms with Crippen LogP contribution in [0.15, 0.2) is 47.3 Å². The van der Waals surface area contributed by atoms with E-state index in [0.717, 1.165) is 48.1 Å². The van der Waals surface area contributed by atoms with Gasteiger partial charge in [-0.15, -0.1) is 0 Å². The zero-order valence-electron chi connectivity index (χ0n) is 18.0. The second kappa shape index (κ2) is 8.43. The van der Waals surface area contributed by atoms with Crippen molar-refractivity contribution in [3.63, 3.8) is 0 Å². The summed E-state index contributed by atoms with van der Waals surface area (Å²) in [6, 6.07) is 7.74. The van der Waals surface area contributed by atoms with Crippen LogP contribution in [0.3, 0.4) is 0 Å². The lowest BCUT2D eigenvalue weighted by atomic mass is 10.1. The van der Waals surface area contributed by atoms with E-state index in [9.17, 15) is 4.79 Å². The monoisotopic (exact) mass is 432 g/mol. The molecule has 0 saturated carbocycles. The molecular formula is C23H24N6O3. The fourth-order valence-electron chi connectivity index (χ4n) is 3.97. The molecule has 0 spiro atoms. The third kappa shape index (κ3) is 3.94. The number of anilines is 1. The number of oxazole rings is 1. The lowest BCUT2D eigenvalue weighted by Crippen LogP contribution is -2.29. The molecule has 0 bridgehead atoms. The number of nitrogens with zero attached hydrogens (tertiary/aromatic N) is 4. The van der Waals surface area contributed by atoms with E-state index in [0.29, 0.717) is 23.4 Å². The molecule has 1 amide bonds. The fraction of sp³-hybridized carbons (Fsp3) is 0.304. The number of rotatable bonds is 5. The molecule has 4 heterocycles. The van der Waals surface area contributed by atoms with Crippen molar-refractivity contribution in [2.75, 3.05) is 25.5 Å². The standard InChI is InChI=1S/C23H24N6O3/c1-14-9-15(3-8-25-14)23-27-20(13-32-23)22(30)26-19-10-16-12-29(17-4-6-24-7-5-17)28-18(16)11-21(19)31-2/h3,8-13,17,24H,4-7H2,1-2H3,(H,26,30). The molecule has 0 unspecified atom stereocenters. The van der Waals surface area contributed by atoms with Crippen molar-refractivity contribution in [3.8, 4) is 17.2 Å². The van der Waals surface area contributed by atoms with Gasteiger partial charge < -0.3 is 19.8 Å². The first-order chi connectivity index (χ1) is 15.6. The van der Waals surface area contributed by atoms with E-state index in [1.54, 1.807) is 19.4 Å². The number of benzene rings is 1. The van der Waals surface area contributed by atoms with Crippen molar-refractivity contribution in [1.82, 2.24) is 25.1 Å². The summed E-state index contributed by atoms with van der Waals surface area (Å²) in [6.07, 6.45) is 7.14. The van der Waals surface area contributed by atoms with E-state index in [1.807, 2.05) is 36.0 Å². The van der Waals surface area contributed by atoms with E-state index in [2.05, 4.69) is 20.6 Å². The number of piperidine rings is 1. The topological polar surface area (TPSA) is 107 Å². The quantitative estimate of drug-likeness (QED) is 0.496. The summed E-state index contributed by atoms with van der Waals surface area (Å²) in [5.74, 6) is 0.523. The Balaban J connectivity index is 1.39. The van der Waals surface area contributed by atoms with Crippen LogP contribution in [0.2, 0.25) is 0 Å². The van der Waals surface area contributed by atoms with Gasteiger partial charge in [-0.05, 0) is 51.1 Å². The second-order valence-corrected chi connectivity index (χ2v) is 7.88. The number of aromatic nitrogens is 4. The molecule has 2 N–H and O–H groups in total. The molecule has 1 saturated heterocycles. The normalized spacial score (nSPS) is 14.6. The van der Waals surface area contributed by atoms with Gasteiger partial charge in [0.1, 0.15) is 12.0 Å². The Morgan fingerprint density at radius 1 is 1.28 bits per heavy atom. The Kier molecular flexibility index (Phi) is 5.32. The van der Waals surface area contributed by atoms with Gasteiger partial charge in [0.25, 0.3) is 5.91 Å². The maximum absolute atomic E-state index is 12.9. The molecule has 1 fully saturated rings. The van der Waals surface area contributed by atoms with E-state index in [4.69, 9.17) is 14.3 Å². The number of hydrogen-bond acceptors (Lipinski definition) is 7. The molecule has 1 aliphatic heterocycles. The predicted molar refractivity (Wildman–Crippen MR) is 120 cm³/mol. The van der Waals surface area contributed by atoms with Gasteiger partial charge in [0.2, 0.25) is 5.89 Å². The van der Waals surface area contributed by atoms with Crippen LogP contribution in [0.4, 0.5) is 5.69 Å². The van der Waals surface area contributed by atoms with Gasteiger partial charge in [0.05, 0.1) is 24.4 Å². The van der Waals surface area contributed by atoms with Crippen molar-refractivity contribution < 1.29 is 13.9 Å². The third-order valence-electron chi connectivity index (χ3n) is 5.65. The number of fused-ring (bicyclic) bond motifs is 1. The molecule has 32 heavy (non-hydrogen) atoms. The van der Waals surface area contributed by atoms with Gasteiger partial charge >= 0.3 is 0 Å². The highest BCUT2D eigenvalue weighted by molar-refractivity contribution is 6.05. The smallest absolute Gasteiger partial charge is 0.277 e. The summed E-state index contributed by atoms with van der Waals surface area (Å²) < 4.78 is 13.0. The summed E-state index contributed by atoms with van der Waals surface area (Å²) in [7, 11) is 1.57. The maximum atomic E-state index is 12.9. The Morgan fingerprint density at radius 2 is 2.12 bits per heavy atom. The highest BCUT2D eigenvalue weighted by Gasteiger charge is 2.19. The van der Waals surface area contributed by atoms with Crippen molar-refractivity contribution in [1.29, 1.82) is 0 Å². The highest BCUT2D eigenvalue weighted by atomic mass is 16.5. The van der Waals surface area contributed by atoms with Gasteiger partial charge in [-0.1, -0.05) is 0 Å². The van der Waals surface area contributed by atoms with Crippen molar-refractivity contribution >= 4 is 22.5 Å². The van der Waals surface area contributed by atoms with Gasteiger partial charge in [0.15, 0.2) is 5.69 Å². The average molecular weight is 432 g/mol. The van der Waals surface area contributed by atoms with Gasteiger partial charge in [-0.3, -0.25) is 14.5 Å². The van der Waals surface area contributed by atoms with Crippen molar-refractivity contribution in [2.45, 2.75) is 25.8 Å². The summed E-state index contributed by atoms with van der Waals surface area (Å²) in [5.41, 5.74) is 3.17. The average Bonchev–Trinajstić information content (AvgIpc) is 3.46. The molecular weight excluding hydrogens is 408 g/mol. The zero-order chi connectivity index (χ0) is 22.1. The molecule has 4 aromatic rings. The summed E-state index contributed by atoms with van der Waals surface area (Å²) in [4.78, 5) is 21.4. The van der Waals surface area contributed by atoms with E-state index in [1.165, 1.54) is 6.26 Å². The SMILES string of the molecule is COc1cc2nn(C3CCNCC3)cc2cc1NC(=O)c1coc(-c2ccnc(C)c2)n1. The Labute approximate surface area is 184 Å². The third-order valence-corrected chi connectivity index (χ3v) is 5.65. The van der Waals surface area contributed by atoms with Gasteiger partial charge in [-0.25, -0.2) is 4.98 Å². The highest BCUT2D eigenvalue weighted by Crippen LogP contribution is 2.32. The molecule has 1 aromatic carbocycles. The minimum atomic E-state index is -0.380. The summed E-state index contributed by atoms with van der Waals surface area (Å²) in [5, 5.41) is 11.9. The molecule has 9 heteroatoms. The van der Waals surface area contributed by atoms with Crippen LogP contribution >= 0.6 is 0 Å². The minimum Gasteiger partial charge on any atom is -0.494 e. The molecule has 3 aromatic heterocycles. The van der Waals surface area contributed by atoms with Crippen LogP contribution in [0.1, 0.15) is 35.1 Å². The summed E-state index contributed by atoms with van der Waals surface area (Å²) >= 11 is 0. The maximum Gasteiger partial charge on any atom is 0.277 e. The number of amides is 1. The van der Waals surface area contributed by atoms with Crippen molar-refractivity contribution in [2.24, 2.45) is 0 Å². The number of nitrogens with one attached hydrogen (secondary N) is 2. The first-order valence-corrected chi connectivity index (χ1v) is 10.6. The number of carbonyl (C=O) groups is 1. The van der Waals surface area contributed by atoms with Crippen LogP contribution in [0.25, 0.3) is 22.4 Å². The largest absolute Gasteiger partial charge is 0.494 e. The van der Waals surface area contributed by atoms with Crippen molar-refractivity contribution in [3.05, 3.63) is 54.3 Å². The predicted octanol–water partition coefficient (Wildman–Crippen LogP) is 3.58. The molecule has 0 atom stereocenters. The van der Waals surface area contributed by atoms with E-state index >= 15 is 0 Å². The number of aryl methyl sites for hydroxylation is 1. The fourth-order valence-corrected chi connectivity index (χ4v) is 3.97. The van der Waals surface area contributed by atoms with Gasteiger partial charge in [0, 0.05) is 35.1 Å². The number of methoxy groups -OCH3 is 1. The Morgan fingerprint density at radius 3 is 2.91 bits per heavy atom. The molecule has 0 aliphatic carbocycles. The van der Waals surface area contributed by atoms with Gasteiger partial charge in [-0.2, -0.15) is 5.10 Å². The van der Waals surface area contributed by atoms with E-state index < -0.39 is 0 Å². The second-order valence-electron chi connectivity index (χ2n) is 7.88. The number of pyridine rings is 1. The molecule has 5 rings (SSSR count). The number of ether oxygens (including phenoxy) is 1. The number of hydrogen-bond donors (Lipinski definition) is 2. The minimum absolute atomic E-state index is 0.182. The Hall–Kier alpha value is -3.72. The molecule has 1 aliphatic rings. The Bertz CT molecular complexity index is 1270. The molecule has 164 valence electrons. The van der Waals surface area contributed by atoms with Crippen LogP contribution in [-0.4, -0.2) is 45.9 Å².